The number of nitrogens with two attached hydrogens (primary N) is 1. The van der Waals surface area contributed by atoms with E-state index in [9.17, 15) is 0 Å². The number of hydrogen-bond acceptors (Lipinski definition) is 4. The molecule has 4 nitrogen and oxygen atoms in total. The van der Waals surface area contributed by atoms with E-state index in [0.29, 0.717) is 24.7 Å². The monoisotopic (exact) mass is 207 g/mol. The van der Waals surface area contributed by atoms with Crippen molar-refractivity contribution in [2.75, 3.05) is 24.2 Å². The van der Waals surface area contributed by atoms with E-state index in [1.807, 2.05) is 13.0 Å². The highest BCUT2D eigenvalue weighted by atomic mass is 16.5. The van der Waals surface area contributed by atoms with Crippen LogP contribution >= 0.6 is 0 Å². The molecule has 0 aliphatic rings. The molecule has 0 unspecified atom stereocenters. The molecule has 0 fully saturated rings. The summed E-state index contributed by atoms with van der Waals surface area (Å²) in [6.07, 6.45) is 2.70. The molecule has 0 bridgehead atoms. The van der Waals surface area contributed by atoms with Gasteiger partial charge in [-0.25, -0.2) is 0 Å². The summed E-state index contributed by atoms with van der Waals surface area (Å²) in [5.74, 6) is 1.24. The Morgan fingerprint density at radius 2 is 2.40 bits per heavy atom. The van der Waals surface area contributed by atoms with Gasteiger partial charge in [0, 0.05) is 6.54 Å². The summed E-state index contributed by atoms with van der Waals surface area (Å²) in [7, 11) is 0. The Labute approximate surface area is 90.2 Å². The van der Waals surface area contributed by atoms with E-state index in [4.69, 9.17) is 10.5 Å². The quantitative estimate of drug-likeness (QED) is 0.701. The van der Waals surface area contributed by atoms with Crippen LogP contribution in [0, 0.1) is 0 Å². The second-order valence-electron chi connectivity index (χ2n) is 3.11. The van der Waals surface area contributed by atoms with Crippen LogP contribution < -0.4 is 15.8 Å². The molecule has 0 amide bonds. The van der Waals surface area contributed by atoms with Crippen molar-refractivity contribution in [3.05, 3.63) is 24.8 Å². The van der Waals surface area contributed by atoms with E-state index in [2.05, 4.69) is 16.9 Å². The van der Waals surface area contributed by atoms with Crippen molar-refractivity contribution in [1.82, 2.24) is 4.98 Å². The summed E-state index contributed by atoms with van der Waals surface area (Å²) in [6, 6.07) is 3.60. The van der Waals surface area contributed by atoms with Crippen molar-refractivity contribution in [2.45, 2.75) is 13.3 Å². The van der Waals surface area contributed by atoms with Crippen molar-refractivity contribution in [3.8, 4) is 5.88 Å². The Kier molecular flexibility index (Phi) is 4.47. The molecule has 0 saturated heterocycles. The van der Waals surface area contributed by atoms with Crippen LogP contribution in [-0.4, -0.2) is 18.1 Å². The normalized spacial score (nSPS) is 9.67. The summed E-state index contributed by atoms with van der Waals surface area (Å²) in [6.45, 7) is 6.95. The van der Waals surface area contributed by atoms with E-state index < -0.39 is 0 Å². The largest absolute Gasteiger partial charge is 0.476 e. The molecule has 1 aromatic heterocycles. The lowest BCUT2D eigenvalue weighted by atomic mass is 10.4. The summed E-state index contributed by atoms with van der Waals surface area (Å²) in [4.78, 5) is 4.24. The SMILES string of the molecule is C=CCNc1ccc(N)c(OCCC)n1. The topological polar surface area (TPSA) is 60.2 Å². The molecule has 1 heterocycles. The first-order chi connectivity index (χ1) is 7.27. The number of ether oxygens (including phenoxy) is 1. The van der Waals surface area contributed by atoms with Gasteiger partial charge in [-0.15, -0.1) is 6.58 Å². The van der Waals surface area contributed by atoms with Crippen molar-refractivity contribution in [3.63, 3.8) is 0 Å². The molecule has 0 saturated carbocycles. The van der Waals surface area contributed by atoms with Gasteiger partial charge in [-0.3, -0.25) is 0 Å². The molecule has 0 aromatic carbocycles. The minimum Gasteiger partial charge on any atom is -0.476 e. The highest BCUT2D eigenvalue weighted by molar-refractivity contribution is 5.53. The number of anilines is 2. The Morgan fingerprint density at radius 3 is 3.07 bits per heavy atom. The zero-order valence-corrected chi connectivity index (χ0v) is 8.99. The summed E-state index contributed by atoms with van der Waals surface area (Å²) in [5.41, 5.74) is 6.29. The maximum atomic E-state index is 5.72. The summed E-state index contributed by atoms with van der Waals surface area (Å²) < 4.78 is 5.40. The maximum Gasteiger partial charge on any atom is 0.239 e. The van der Waals surface area contributed by atoms with Gasteiger partial charge in [-0.1, -0.05) is 13.0 Å². The number of aromatic nitrogens is 1. The standard InChI is InChI=1S/C11H17N3O/c1-3-7-13-10-6-5-9(12)11(14-10)15-8-4-2/h3,5-6H,1,4,7-8,12H2,2H3,(H,13,14). The fourth-order valence-corrected chi connectivity index (χ4v) is 1.04. The number of hydrogen-bond donors (Lipinski definition) is 2. The van der Waals surface area contributed by atoms with E-state index in [0.717, 1.165) is 12.2 Å². The van der Waals surface area contributed by atoms with Crippen LogP contribution in [0.25, 0.3) is 0 Å². The molecular weight excluding hydrogens is 190 g/mol. The van der Waals surface area contributed by atoms with Gasteiger partial charge in [0.2, 0.25) is 5.88 Å². The van der Waals surface area contributed by atoms with E-state index in [1.54, 1.807) is 12.1 Å². The van der Waals surface area contributed by atoms with Gasteiger partial charge < -0.3 is 15.8 Å². The fraction of sp³-hybridized carbons (Fsp3) is 0.364. The molecule has 0 aliphatic carbocycles. The Balaban J connectivity index is 2.70. The molecule has 82 valence electrons. The van der Waals surface area contributed by atoms with E-state index >= 15 is 0 Å². The summed E-state index contributed by atoms with van der Waals surface area (Å²) >= 11 is 0. The molecular formula is C11H17N3O. The van der Waals surface area contributed by atoms with Gasteiger partial charge in [0.1, 0.15) is 5.82 Å². The number of pyridine rings is 1. The highest BCUT2D eigenvalue weighted by Crippen LogP contribution is 2.20. The zero-order valence-electron chi connectivity index (χ0n) is 8.99. The third kappa shape index (κ3) is 3.50. The zero-order chi connectivity index (χ0) is 11.1. The molecule has 0 spiro atoms. The summed E-state index contributed by atoms with van der Waals surface area (Å²) in [5, 5.41) is 3.07. The average molecular weight is 207 g/mol. The van der Waals surface area contributed by atoms with Gasteiger partial charge in [0.05, 0.1) is 12.3 Å². The van der Waals surface area contributed by atoms with Gasteiger partial charge in [0.15, 0.2) is 0 Å². The predicted molar refractivity (Wildman–Crippen MR) is 63.1 cm³/mol. The number of nitrogen functional groups attached to an aromatic ring is 1. The Morgan fingerprint density at radius 1 is 1.60 bits per heavy atom. The number of rotatable bonds is 6. The van der Waals surface area contributed by atoms with Crippen LogP contribution in [0.5, 0.6) is 5.88 Å². The number of nitrogens with one attached hydrogen (secondary N) is 1. The molecule has 1 aromatic rings. The minimum absolute atomic E-state index is 0.492. The molecule has 1 rings (SSSR count). The lowest BCUT2D eigenvalue weighted by Crippen LogP contribution is -2.05. The molecule has 3 N–H and O–H groups in total. The van der Waals surface area contributed by atoms with Crippen molar-refractivity contribution >= 4 is 11.5 Å². The lowest BCUT2D eigenvalue weighted by Gasteiger charge is -2.09. The molecule has 0 atom stereocenters. The van der Waals surface area contributed by atoms with Gasteiger partial charge in [0.25, 0.3) is 0 Å². The maximum absolute atomic E-state index is 5.72. The first kappa shape index (κ1) is 11.4. The lowest BCUT2D eigenvalue weighted by molar-refractivity contribution is 0.307. The van der Waals surface area contributed by atoms with E-state index in [-0.39, 0.29) is 0 Å². The van der Waals surface area contributed by atoms with Gasteiger partial charge >= 0.3 is 0 Å². The fourth-order valence-electron chi connectivity index (χ4n) is 1.04. The van der Waals surface area contributed by atoms with Crippen LogP contribution in [0.3, 0.4) is 0 Å². The predicted octanol–water partition coefficient (Wildman–Crippen LogP) is 2.05. The Hall–Kier alpha value is -1.71. The van der Waals surface area contributed by atoms with Crippen molar-refractivity contribution in [1.29, 1.82) is 0 Å². The second kappa shape index (κ2) is 5.90. The smallest absolute Gasteiger partial charge is 0.239 e. The number of nitrogens with zero attached hydrogens (tertiary/aromatic N) is 1. The van der Waals surface area contributed by atoms with Crippen LogP contribution in [-0.2, 0) is 0 Å². The third-order valence-electron chi connectivity index (χ3n) is 1.76. The Bertz CT molecular complexity index is 326. The van der Waals surface area contributed by atoms with Crippen LogP contribution in [0.15, 0.2) is 24.8 Å². The average Bonchev–Trinajstić information content (AvgIpc) is 2.26. The van der Waals surface area contributed by atoms with Gasteiger partial charge in [-0.05, 0) is 18.6 Å². The molecule has 0 aliphatic heterocycles. The first-order valence-corrected chi connectivity index (χ1v) is 5.02. The third-order valence-corrected chi connectivity index (χ3v) is 1.76. The van der Waals surface area contributed by atoms with Crippen LogP contribution in [0.4, 0.5) is 11.5 Å². The highest BCUT2D eigenvalue weighted by Gasteiger charge is 2.02. The van der Waals surface area contributed by atoms with Crippen molar-refractivity contribution in [2.24, 2.45) is 0 Å². The molecule has 4 heteroatoms. The van der Waals surface area contributed by atoms with Crippen LogP contribution in [0.1, 0.15) is 13.3 Å². The first-order valence-electron chi connectivity index (χ1n) is 5.02. The van der Waals surface area contributed by atoms with Gasteiger partial charge in [-0.2, -0.15) is 4.98 Å². The molecule has 15 heavy (non-hydrogen) atoms. The van der Waals surface area contributed by atoms with Crippen molar-refractivity contribution < 1.29 is 4.74 Å². The van der Waals surface area contributed by atoms with Crippen LogP contribution in [0.2, 0.25) is 0 Å². The second-order valence-corrected chi connectivity index (χ2v) is 3.11. The minimum atomic E-state index is 0.492. The van der Waals surface area contributed by atoms with E-state index in [1.165, 1.54) is 0 Å². The molecule has 0 radical (unpaired) electrons.